The Morgan fingerprint density at radius 3 is 2.75 bits per heavy atom. The van der Waals surface area contributed by atoms with Crippen molar-refractivity contribution in [2.75, 3.05) is 11.9 Å². The molecule has 0 fully saturated rings. The molecular weight excluding hydrogens is 310 g/mol. The highest BCUT2D eigenvalue weighted by Gasteiger charge is 2.22. The van der Waals surface area contributed by atoms with E-state index in [0.717, 1.165) is 5.56 Å². The number of hydrogen-bond acceptors (Lipinski definition) is 8. The van der Waals surface area contributed by atoms with Crippen molar-refractivity contribution >= 4 is 5.82 Å². The molecule has 0 aromatic carbocycles. The summed E-state index contributed by atoms with van der Waals surface area (Å²) in [6.07, 6.45) is 3.64. The molecule has 0 radical (unpaired) electrons. The summed E-state index contributed by atoms with van der Waals surface area (Å²) in [6.45, 7) is 6.00. The zero-order valence-electron chi connectivity index (χ0n) is 14.0. The lowest BCUT2D eigenvalue weighted by Crippen LogP contribution is -2.15. The Hall–Kier alpha value is -2.97. The van der Waals surface area contributed by atoms with Crippen LogP contribution in [0.1, 0.15) is 36.1 Å². The number of aromatic nitrogens is 6. The van der Waals surface area contributed by atoms with E-state index in [-0.39, 0.29) is 6.04 Å². The van der Waals surface area contributed by atoms with Crippen LogP contribution in [0.5, 0.6) is 5.88 Å². The van der Waals surface area contributed by atoms with E-state index in [1.807, 2.05) is 27.1 Å². The first-order valence-electron chi connectivity index (χ1n) is 7.59. The summed E-state index contributed by atoms with van der Waals surface area (Å²) in [4.78, 5) is 13.0. The van der Waals surface area contributed by atoms with Gasteiger partial charge in [0.1, 0.15) is 17.7 Å². The molecule has 0 aliphatic rings. The molecule has 3 rings (SSSR count). The monoisotopic (exact) mass is 329 g/mol. The second kappa shape index (κ2) is 6.65. The molecule has 3 aromatic heterocycles. The summed E-state index contributed by atoms with van der Waals surface area (Å²) in [7, 11) is 1.85. The summed E-state index contributed by atoms with van der Waals surface area (Å²) in [5, 5.41) is 11.5. The minimum atomic E-state index is -0.347. The lowest BCUT2D eigenvalue weighted by Gasteiger charge is -2.15. The van der Waals surface area contributed by atoms with Crippen LogP contribution in [0.15, 0.2) is 23.0 Å². The van der Waals surface area contributed by atoms with Gasteiger partial charge in [0.05, 0.1) is 12.8 Å². The van der Waals surface area contributed by atoms with Gasteiger partial charge in [-0.05, 0) is 13.8 Å². The third kappa shape index (κ3) is 3.50. The van der Waals surface area contributed by atoms with Gasteiger partial charge in [-0.25, -0.2) is 4.98 Å². The van der Waals surface area contributed by atoms with E-state index in [0.29, 0.717) is 35.8 Å². The van der Waals surface area contributed by atoms with Crippen LogP contribution in [0, 0.1) is 13.8 Å². The molecule has 1 unspecified atom stereocenters. The fourth-order valence-corrected chi connectivity index (χ4v) is 2.30. The number of aryl methyl sites for hydroxylation is 3. The quantitative estimate of drug-likeness (QED) is 0.730. The van der Waals surface area contributed by atoms with Crippen molar-refractivity contribution in [2.45, 2.75) is 26.8 Å². The van der Waals surface area contributed by atoms with Gasteiger partial charge in [0, 0.05) is 31.8 Å². The van der Waals surface area contributed by atoms with Crippen LogP contribution in [-0.4, -0.2) is 36.5 Å². The zero-order chi connectivity index (χ0) is 17.1. The summed E-state index contributed by atoms with van der Waals surface area (Å²) in [6, 6.07) is 1.40. The molecule has 9 nitrogen and oxygen atoms in total. The predicted molar refractivity (Wildman–Crippen MR) is 85.6 cm³/mol. The van der Waals surface area contributed by atoms with Gasteiger partial charge in [0.25, 0.3) is 0 Å². The minimum absolute atomic E-state index is 0.347. The van der Waals surface area contributed by atoms with Gasteiger partial charge in [0.15, 0.2) is 5.82 Å². The molecule has 0 spiro atoms. The SMILES string of the molecule is CCOc1cc(NC(c2cnn(C)c2)c2noc(C)n2)nc(C)n1. The highest BCUT2D eigenvalue weighted by molar-refractivity contribution is 5.43. The third-order valence-electron chi connectivity index (χ3n) is 3.26. The molecule has 3 heterocycles. The van der Waals surface area contributed by atoms with Gasteiger partial charge in [-0.3, -0.25) is 4.68 Å². The zero-order valence-corrected chi connectivity index (χ0v) is 14.0. The summed E-state index contributed by atoms with van der Waals surface area (Å²) in [5.41, 5.74) is 0.896. The lowest BCUT2D eigenvalue weighted by atomic mass is 10.1. The van der Waals surface area contributed by atoms with Crippen LogP contribution < -0.4 is 10.1 Å². The molecule has 0 saturated heterocycles. The molecule has 0 bridgehead atoms. The second-order valence-corrected chi connectivity index (χ2v) is 5.27. The Bertz CT molecular complexity index is 787. The van der Waals surface area contributed by atoms with Crippen LogP contribution in [0.4, 0.5) is 5.82 Å². The number of anilines is 1. The van der Waals surface area contributed by atoms with E-state index < -0.39 is 0 Å². The first-order valence-corrected chi connectivity index (χ1v) is 7.59. The largest absolute Gasteiger partial charge is 0.478 e. The molecule has 1 N–H and O–H groups in total. The second-order valence-electron chi connectivity index (χ2n) is 5.27. The maximum Gasteiger partial charge on any atom is 0.223 e. The third-order valence-corrected chi connectivity index (χ3v) is 3.26. The topological polar surface area (TPSA) is 104 Å². The van der Waals surface area contributed by atoms with E-state index in [1.54, 1.807) is 23.9 Å². The molecule has 0 aliphatic heterocycles. The smallest absolute Gasteiger partial charge is 0.223 e. The Labute approximate surface area is 139 Å². The highest BCUT2D eigenvalue weighted by Crippen LogP contribution is 2.25. The van der Waals surface area contributed by atoms with E-state index in [9.17, 15) is 0 Å². The Balaban J connectivity index is 1.95. The first-order chi connectivity index (χ1) is 11.5. The number of rotatable bonds is 6. The average Bonchev–Trinajstić information content (AvgIpc) is 3.13. The maximum atomic E-state index is 5.47. The van der Waals surface area contributed by atoms with Gasteiger partial charge >= 0.3 is 0 Å². The molecule has 0 aliphatic carbocycles. The average molecular weight is 329 g/mol. The Morgan fingerprint density at radius 2 is 2.12 bits per heavy atom. The van der Waals surface area contributed by atoms with E-state index in [4.69, 9.17) is 9.26 Å². The number of nitrogens with one attached hydrogen (secondary N) is 1. The normalized spacial score (nSPS) is 12.2. The van der Waals surface area contributed by atoms with Crippen molar-refractivity contribution in [1.82, 2.24) is 29.9 Å². The van der Waals surface area contributed by atoms with E-state index in [1.165, 1.54) is 0 Å². The van der Waals surface area contributed by atoms with Crippen molar-refractivity contribution in [3.05, 3.63) is 41.6 Å². The van der Waals surface area contributed by atoms with Gasteiger partial charge in [-0.2, -0.15) is 15.1 Å². The molecule has 1 atom stereocenters. The number of ether oxygens (including phenoxy) is 1. The number of hydrogen-bond donors (Lipinski definition) is 1. The Kier molecular flexibility index (Phi) is 4.41. The fourth-order valence-electron chi connectivity index (χ4n) is 2.30. The summed E-state index contributed by atoms with van der Waals surface area (Å²) in [5.74, 6) is 2.74. The van der Waals surface area contributed by atoms with Gasteiger partial charge in [-0.15, -0.1) is 0 Å². The lowest BCUT2D eigenvalue weighted by molar-refractivity contribution is 0.325. The molecule has 24 heavy (non-hydrogen) atoms. The van der Waals surface area contributed by atoms with E-state index in [2.05, 4.69) is 30.5 Å². The van der Waals surface area contributed by atoms with Crippen molar-refractivity contribution in [2.24, 2.45) is 7.05 Å². The van der Waals surface area contributed by atoms with Crippen molar-refractivity contribution in [3.8, 4) is 5.88 Å². The molecular formula is C15H19N7O2. The molecule has 0 saturated carbocycles. The summed E-state index contributed by atoms with van der Waals surface area (Å²) >= 11 is 0. The molecule has 9 heteroatoms. The van der Waals surface area contributed by atoms with Gasteiger partial charge < -0.3 is 14.6 Å². The van der Waals surface area contributed by atoms with Crippen LogP contribution in [-0.2, 0) is 7.05 Å². The fraction of sp³-hybridized carbons (Fsp3) is 0.400. The van der Waals surface area contributed by atoms with Crippen LogP contribution in [0.2, 0.25) is 0 Å². The Morgan fingerprint density at radius 1 is 1.29 bits per heavy atom. The summed E-state index contributed by atoms with van der Waals surface area (Å²) < 4.78 is 12.3. The van der Waals surface area contributed by atoms with Crippen LogP contribution in [0.3, 0.4) is 0 Å². The van der Waals surface area contributed by atoms with Crippen LogP contribution >= 0.6 is 0 Å². The van der Waals surface area contributed by atoms with Gasteiger partial charge in [-0.1, -0.05) is 5.16 Å². The van der Waals surface area contributed by atoms with Crippen LogP contribution in [0.25, 0.3) is 0 Å². The van der Waals surface area contributed by atoms with Crippen molar-refractivity contribution in [1.29, 1.82) is 0 Å². The van der Waals surface area contributed by atoms with Crippen molar-refractivity contribution < 1.29 is 9.26 Å². The standard InChI is InChI=1S/C15H19N7O2/c1-5-23-13-6-12(17-9(2)18-13)20-14(11-7-16-22(4)8-11)15-19-10(3)24-21-15/h6-8,14H,5H2,1-4H3,(H,17,18,20). The number of nitrogens with zero attached hydrogens (tertiary/aromatic N) is 6. The first kappa shape index (κ1) is 15.9. The maximum absolute atomic E-state index is 5.47. The van der Waals surface area contributed by atoms with Crippen molar-refractivity contribution in [3.63, 3.8) is 0 Å². The highest BCUT2D eigenvalue weighted by atomic mass is 16.5. The predicted octanol–water partition coefficient (Wildman–Crippen LogP) is 1.81. The van der Waals surface area contributed by atoms with E-state index >= 15 is 0 Å². The minimum Gasteiger partial charge on any atom is -0.478 e. The van der Waals surface area contributed by atoms with Gasteiger partial charge in [0.2, 0.25) is 11.8 Å². The molecule has 0 amide bonds. The molecule has 126 valence electrons. The molecule has 3 aromatic rings.